The van der Waals surface area contributed by atoms with Gasteiger partial charge in [-0.2, -0.15) is 13.2 Å². The lowest BCUT2D eigenvalue weighted by molar-refractivity contribution is -0.137. The fourth-order valence-corrected chi connectivity index (χ4v) is 1.29. The summed E-state index contributed by atoms with van der Waals surface area (Å²) in [6.45, 7) is 5.19. The molecule has 1 rings (SSSR count). The van der Waals surface area contributed by atoms with Crippen molar-refractivity contribution in [1.82, 2.24) is 0 Å². The summed E-state index contributed by atoms with van der Waals surface area (Å²) in [5, 5.41) is 0. The molecule has 0 amide bonds. The van der Waals surface area contributed by atoms with E-state index in [2.05, 4.69) is 6.58 Å². The van der Waals surface area contributed by atoms with Gasteiger partial charge in [0.05, 0.1) is 17.7 Å². The molecule has 0 spiro atoms. The largest absolute Gasteiger partial charge is 0.493 e. The van der Waals surface area contributed by atoms with Crippen LogP contribution in [0, 0.1) is 0 Å². The summed E-state index contributed by atoms with van der Waals surface area (Å²) in [4.78, 5) is 11.4. The topological polar surface area (TPSA) is 26.3 Å². The highest BCUT2D eigenvalue weighted by atomic mass is 19.4. The zero-order valence-electron chi connectivity index (χ0n) is 9.17. The number of hydrogen-bond acceptors (Lipinski definition) is 2. The summed E-state index contributed by atoms with van der Waals surface area (Å²) in [6, 6.07) is 2.79. The monoisotopic (exact) mass is 244 g/mol. The van der Waals surface area contributed by atoms with E-state index in [0.29, 0.717) is 0 Å². The third kappa shape index (κ3) is 3.09. The summed E-state index contributed by atoms with van der Waals surface area (Å²) in [6.07, 6.45) is -3.53. The number of halogens is 3. The highest BCUT2D eigenvalue weighted by molar-refractivity contribution is 6.06. The van der Waals surface area contributed by atoms with E-state index in [1.165, 1.54) is 0 Å². The molecule has 0 fully saturated rings. The zero-order valence-corrected chi connectivity index (χ0v) is 9.17. The molecule has 0 aliphatic heterocycles. The Balaban J connectivity index is 3.28. The maximum atomic E-state index is 12.5. The Morgan fingerprint density at radius 2 is 2.12 bits per heavy atom. The van der Waals surface area contributed by atoms with Crippen molar-refractivity contribution >= 4 is 5.78 Å². The number of rotatable bonds is 4. The predicted octanol–water partition coefficient (Wildman–Crippen LogP) is 3.47. The van der Waals surface area contributed by atoms with E-state index in [9.17, 15) is 18.0 Å². The first-order valence-electron chi connectivity index (χ1n) is 4.91. The Morgan fingerprint density at radius 1 is 1.47 bits per heavy atom. The molecule has 0 aliphatic rings. The average molecular weight is 244 g/mol. The van der Waals surface area contributed by atoms with Crippen molar-refractivity contribution in [3.8, 4) is 5.75 Å². The number of hydrogen-bond donors (Lipinski definition) is 0. The predicted molar refractivity (Wildman–Crippen MR) is 57.1 cm³/mol. The van der Waals surface area contributed by atoms with Crippen LogP contribution in [0.4, 0.5) is 13.2 Å². The van der Waals surface area contributed by atoms with Gasteiger partial charge in [0.2, 0.25) is 0 Å². The molecule has 1 aromatic rings. The lowest BCUT2D eigenvalue weighted by atomic mass is 10.1. The van der Waals surface area contributed by atoms with Crippen LogP contribution in [-0.4, -0.2) is 12.4 Å². The fourth-order valence-electron chi connectivity index (χ4n) is 1.29. The highest BCUT2D eigenvalue weighted by Gasteiger charge is 2.31. The van der Waals surface area contributed by atoms with Crippen molar-refractivity contribution < 1.29 is 22.7 Å². The number of carbonyl (C=O) groups is 1. The van der Waals surface area contributed by atoms with E-state index in [1.807, 2.05) is 0 Å². The van der Waals surface area contributed by atoms with Crippen LogP contribution in [0.2, 0.25) is 0 Å². The van der Waals surface area contributed by atoms with Crippen LogP contribution in [0.5, 0.6) is 5.75 Å². The van der Waals surface area contributed by atoms with Gasteiger partial charge in [-0.1, -0.05) is 6.58 Å². The Labute approximate surface area is 96.7 Å². The third-order valence-electron chi connectivity index (χ3n) is 2.06. The molecule has 0 bridgehead atoms. The van der Waals surface area contributed by atoms with Gasteiger partial charge in [-0.25, -0.2) is 0 Å². The molecule has 5 heteroatoms. The molecule has 17 heavy (non-hydrogen) atoms. The van der Waals surface area contributed by atoms with Gasteiger partial charge >= 0.3 is 6.18 Å². The SMILES string of the molecule is C=CC(=O)c1cc(C(F)(F)F)ccc1OCC. The van der Waals surface area contributed by atoms with Crippen LogP contribution < -0.4 is 4.74 Å². The van der Waals surface area contributed by atoms with Crippen LogP contribution in [0.25, 0.3) is 0 Å². The van der Waals surface area contributed by atoms with Gasteiger partial charge in [0.25, 0.3) is 0 Å². The summed E-state index contributed by atoms with van der Waals surface area (Å²) >= 11 is 0. The summed E-state index contributed by atoms with van der Waals surface area (Å²) in [7, 11) is 0. The normalized spacial score (nSPS) is 11.1. The summed E-state index contributed by atoms with van der Waals surface area (Å²) in [5.74, 6) is -0.468. The molecule has 2 nitrogen and oxygen atoms in total. The summed E-state index contributed by atoms with van der Waals surface area (Å²) < 4.78 is 42.5. The van der Waals surface area contributed by atoms with Gasteiger partial charge < -0.3 is 4.74 Å². The first-order valence-corrected chi connectivity index (χ1v) is 4.91. The van der Waals surface area contributed by atoms with E-state index in [-0.39, 0.29) is 17.9 Å². The smallest absolute Gasteiger partial charge is 0.416 e. The lowest BCUT2D eigenvalue weighted by Gasteiger charge is -2.12. The molecule has 0 saturated heterocycles. The molecule has 0 atom stereocenters. The maximum Gasteiger partial charge on any atom is 0.416 e. The number of alkyl halides is 3. The van der Waals surface area contributed by atoms with Gasteiger partial charge in [0.1, 0.15) is 5.75 Å². The van der Waals surface area contributed by atoms with Crippen molar-refractivity contribution in [2.24, 2.45) is 0 Å². The molecule has 0 saturated carbocycles. The molecule has 1 aromatic carbocycles. The van der Waals surface area contributed by atoms with Crippen LogP contribution >= 0.6 is 0 Å². The molecule has 0 radical (unpaired) electrons. The lowest BCUT2D eigenvalue weighted by Crippen LogP contribution is -2.08. The third-order valence-corrected chi connectivity index (χ3v) is 2.06. The van der Waals surface area contributed by atoms with Gasteiger partial charge in [0, 0.05) is 0 Å². The van der Waals surface area contributed by atoms with E-state index in [1.54, 1.807) is 6.92 Å². The molecule has 0 heterocycles. The molecule has 92 valence electrons. The zero-order chi connectivity index (χ0) is 13.1. The van der Waals surface area contributed by atoms with E-state index in [0.717, 1.165) is 24.3 Å². The molecule has 0 aromatic heterocycles. The van der Waals surface area contributed by atoms with Gasteiger partial charge in [-0.15, -0.1) is 0 Å². The second kappa shape index (κ2) is 5.03. The van der Waals surface area contributed by atoms with Gasteiger partial charge in [-0.3, -0.25) is 4.79 Å². The fraction of sp³-hybridized carbons (Fsp3) is 0.250. The van der Waals surface area contributed by atoms with Crippen LogP contribution in [-0.2, 0) is 6.18 Å². The highest BCUT2D eigenvalue weighted by Crippen LogP contribution is 2.32. The van der Waals surface area contributed by atoms with E-state index >= 15 is 0 Å². The first-order chi connectivity index (χ1) is 7.90. The average Bonchev–Trinajstić information content (AvgIpc) is 2.27. The first kappa shape index (κ1) is 13.3. The quantitative estimate of drug-likeness (QED) is 0.598. The minimum Gasteiger partial charge on any atom is -0.493 e. The second-order valence-electron chi connectivity index (χ2n) is 3.21. The van der Waals surface area contributed by atoms with Gasteiger partial charge in [0.15, 0.2) is 5.78 Å². The Kier molecular flexibility index (Phi) is 3.93. The molecular weight excluding hydrogens is 233 g/mol. The maximum absolute atomic E-state index is 12.5. The van der Waals surface area contributed by atoms with Crippen LogP contribution in [0.3, 0.4) is 0 Å². The van der Waals surface area contributed by atoms with Crippen molar-refractivity contribution in [3.63, 3.8) is 0 Å². The minimum absolute atomic E-state index is 0.128. The number of allylic oxidation sites excluding steroid dienone is 1. The second-order valence-corrected chi connectivity index (χ2v) is 3.21. The molecular formula is C12H11F3O2. The Hall–Kier alpha value is -1.78. The van der Waals surface area contributed by atoms with Crippen LogP contribution in [0.1, 0.15) is 22.8 Å². The number of benzene rings is 1. The number of carbonyl (C=O) groups excluding carboxylic acids is 1. The number of ether oxygens (including phenoxy) is 1. The Bertz CT molecular complexity index is 436. The summed E-state index contributed by atoms with van der Waals surface area (Å²) in [5.41, 5.74) is -1.01. The molecule has 0 aliphatic carbocycles. The molecule has 0 N–H and O–H groups in total. The van der Waals surface area contributed by atoms with Crippen molar-refractivity contribution in [3.05, 3.63) is 42.0 Å². The van der Waals surface area contributed by atoms with Crippen molar-refractivity contribution in [1.29, 1.82) is 0 Å². The van der Waals surface area contributed by atoms with Crippen LogP contribution in [0.15, 0.2) is 30.9 Å². The molecule has 0 unspecified atom stereocenters. The standard InChI is InChI=1S/C12H11F3O2/c1-3-10(16)9-7-8(12(13,14)15)5-6-11(9)17-4-2/h3,5-7H,1,4H2,2H3. The van der Waals surface area contributed by atoms with E-state index < -0.39 is 17.5 Å². The van der Waals surface area contributed by atoms with E-state index in [4.69, 9.17) is 4.74 Å². The Morgan fingerprint density at radius 3 is 2.59 bits per heavy atom. The van der Waals surface area contributed by atoms with Gasteiger partial charge in [-0.05, 0) is 31.2 Å². The van der Waals surface area contributed by atoms with Crippen molar-refractivity contribution in [2.75, 3.05) is 6.61 Å². The minimum atomic E-state index is -4.49. The number of ketones is 1. The van der Waals surface area contributed by atoms with Crippen molar-refractivity contribution in [2.45, 2.75) is 13.1 Å².